The fourth-order valence-corrected chi connectivity index (χ4v) is 4.60. The Morgan fingerprint density at radius 1 is 1.06 bits per heavy atom. The molecule has 3 aromatic heterocycles. The number of benzene rings is 2. The van der Waals surface area contributed by atoms with Gasteiger partial charge in [-0.3, -0.25) is 14.1 Å². The molecule has 0 saturated heterocycles. The zero-order chi connectivity index (χ0) is 24.4. The van der Waals surface area contributed by atoms with Crippen LogP contribution in [0.4, 0.5) is 0 Å². The van der Waals surface area contributed by atoms with Crippen molar-refractivity contribution in [3.8, 4) is 28.3 Å². The predicted molar refractivity (Wildman–Crippen MR) is 136 cm³/mol. The second kappa shape index (κ2) is 9.68. The monoisotopic (exact) mass is 485 g/mol. The number of pyridine rings is 1. The average Bonchev–Trinajstić information content (AvgIpc) is 3.50. The van der Waals surface area contributed by atoms with Crippen LogP contribution in [0.25, 0.3) is 28.3 Å². The second-order valence-corrected chi connectivity index (χ2v) is 8.75. The van der Waals surface area contributed by atoms with Crippen LogP contribution in [0, 0.1) is 6.92 Å². The van der Waals surface area contributed by atoms with E-state index in [1.54, 1.807) is 10.8 Å². The SMILES string of the molecule is CCCc1cn(-c2c(C)cccc2Cl)c(=O)n1Cc1ccc(-c2ncccc2-c2nn[nH]n2)cc1. The first-order valence-corrected chi connectivity index (χ1v) is 11.8. The Kier molecular flexibility index (Phi) is 6.29. The van der Waals surface area contributed by atoms with E-state index < -0.39 is 0 Å². The number of para-hydroxylation sites is 1. The molecule has 176 valence electrons. The van der Waals surface area contributed by atoms with Crippen molar-refractivity contribution in [2.45, 2.75) is 33.2 Å². The van der Waals surface area contributed by atoms with Gasteiger partial charge in [-0.2, -0.15) is 5.21 Å². The fraction of sp³-hybridized carbons (Fsp3) is 0.192. The molecule has 3 heterocycles. The highest BCUT2D eigenvalue weighted by atomic mass is 35.5. The van der Waals surface area contributed by atoms with Crippen molar-refractivity contribution in [1.82, 2.24) is 34.7 Å². The molecule has 2 aromatic carbocycles. The van der Waals surface area contributed by atoms with Crippen molar-refractivity contribution in [3.63, 3.8) is 0 Å². The quantitative estimate of drug-likeness (QED) is 0.356. The van der Waals surface area contributed by atoms with Crippen LogP contribution >= 0.6 is 11.6 Å². The standard InChI is InChI=1S/C26H24ClN7O/c1-3-6-20-16-34(24-17(2)7-4-9-22(24)27)26(35)33(20)15-18-10-12-19(13-11-18)23-21(8-5-14-28-23)25-29-31-32-30-25/h4-5,7-14,16H,3,6,15H2,1-2H3,(H,29,30,31,32). The number of imidazole rings is 1. The van der Waals surface area contributed by atoms with Crippen LogP contribution in [0.15, 0.2) is 71.8 Å². The first-order chi connectivity index (χ1) is 17.1. The van der Waals surface area contributed by atoms with Gasteiger partial charge >= 0.3 is 5.69 Å². The summed E-state index contributed by atoms with van der Waals surface area (Å²) in [6.45, 7) is 4.53. The van der Waals surface area contributed by atoms with Crippen molar-refractivity contribution in [2.75, 3.05) is 0 Å². The Balaban J connectivity index is 1.49. The van der Waals surface area contributed by atoms with Crippen molar-refractivity contribution < 1.29 is 0 Å². The van der Waals surface area contributed by atoms with Crippen LogP contribution in [0.1, 0.15) is 30.2 Å². The number of H-pyrrole nitrogens is 1. The van der Waals surface area contributed by atoms with Gasteiger partial charge in [-0.05, 0) is 47.9 Å². The number of aryl methyl sites for hydroxylation is 2. The molecule has 0 fully saturated rings. The van der Waals surface area contributed by atoms with Gasteiger partial charge in [0.1, 0.15) is 0 Å². The number of halogens is 1. The normalized spacial score (nSPS) is 11.2. The first kappa shape index (κ1) is 22.7. The van der Waals surface area contributed by atoms with E-state index in [0.29, 0.717) is 17.4 Å². The summed E-state index contributed by atoms with van der Waals surface area (Å²) in [5.41, 5.74) is 6.07. The van der Waals surface area contributed by atoms with Gasteiger partial charge in [-0.15, -0.1) is 10.2 Å². The van der Waals surface area contributed by atoms with E-state index >= 15 is 0 Å². The zero-order valence-electron chi connectivity index (χ0n) is 19.4. The van der Waals surface area contributed by atoms with Gasteiger partial charge in [-0.1, -0.05) is 61.3 Å². The summed E-state index contributed by atoms with van der Waals surface area (Å²) in [5, 5.41) is 14.9. The predicted octanol–water partition coefficient (Wildman–Crippen LogP) is 4.84. The molecule has 5 aromatic rings. The van der Waals surface area contributed by atoms with E-state index in [9.17, 15) is 4.79 Å². The van der Waals surface area contributed by atoms with Crippen LogP contribution in [0.3, 0.4) is 0 Å². The molecule has 0 aliphatic heterocycles. The Labute approximate surface area is 207 Å². The van der Waals surface area contributed by atoms with Gasteiger partial charge in [0.15, 0.2) is 0 Å². The number of aromatic amines is 1. The summed E-state index contributed by atoms with van der Waals surface area (Å²) in [7, 11) is 0. The minimum atomic E-state index is -0.0992. The van der Waals surface area contributed by atoms with E-state index in [2.05, 4.69) is 32.5 Å². The van der Waals surface area contributed by atoms with Gasteiger partial charge in [0.05, 0.1) is 22.9 Å². The maximum atomic E-state index is 13.5. The van der Waals surface area contributed by atoms with Gasteiger partial charge in [-0.25, -0.2) is 4.79 Å². The zero-order valence-corrected chi connectivity index (χ0v) is 20.2. The Morgan fingerprint density at radius 2 is 1.89 bits per heavy atom. The van der Waals surface area contributed by atoms with E-state index in [1.165, 1.54) is 0 Å². The van der Waals surface area contributed by atoms with Gasteiger partial charge in [0, 0.05) is 29.2 Å². The Morgan fingerprint density at radius 3 is 2.60 bits per heavy atom. The molecule has 1 N–H and O–H groups in total. The smallest absolute Gasteiger partial charge is 0.292 e. The van der Waals surface area contributed by atoms with Crippen molar-refractivity contribution in [2.24, 2.45) is 0 Å². The number of hydrogen-bond acceptors (Lipinski definition) is 5. The molecule has 0 aliphatic rings. The molecular formula is C26H24ClN7O. The van der Waals surface area contributed by atoms with E-state index in [0.717, 1.165) is 52.2 Å². The molecule has 8 nitrogen and oxygen atoms in total. The van der Waals surface area contributed by atoms with Crippen LogP contribution in [-0.2, 0) is 13.0 Å². The van der Waals surface area contributed by atoms with Gasteiger partial charge in [0.25, 0.3) is 0 Å². The molecule has 0 unspecified atom stereocenters. The number of tetrazole rings is 1. The lowest BCUT2D eigenvalue weighted by Gasteiger charge is -2.10. The summed E-state index contributed by atoms with van der Waals surface area (Å²) < 4.78 is 3.49. The van der Waals surface area contributed by atoms with Gasteiger partial charge in [0.2, 0.25) is 5.82 Å². The van der Waals surface area contributed by atoms with Crippen molar-refractivity contribution in [1.29, 1.82) is 0 Å². The molecule has 0 radical (unpaired) electrons. The fourth-order valence-electron chi connectivity index (χ4n) is 4.28. The van der Waals surface area contributed by atoms with Crippen LogP contribution in [-0.4, -0.2) is 34.7 Å². The lowest BCUT2D eigenvalue weighted by atomic mass is 10.0. The number of nitrogens with one attached hydrogen (secondary N) is 1. The number of aromatic nitrogens is 7. The summed E-state index contributed by atoms with van der Waals surface area (Å²) in [5.74, 6) is 0.490. The molecule has 0 amide bonds. The lowest BCUT2D eigenvalue weighted by molar-refractivity contribution is 0.691. The molecule has 35 heavy (non-hydrogen) atoms. The van der Waals surface area contributed by atoms with Crippen LogP contribution < -0.4 is 5.69 Å². The third-order valence-electron chi connectivity index (χ3n) is 5.96. The molecule has 0 spiro atoms. The molecule has 0 atom stereocenters. The summed E-state index contributed by atoms with van der Waals surface area (Å²) in [4.78, 5) is 18.0. The Hall–Kier alpha value is -4.04. The number of rotatable bonds is 7. The molecule has 0 bridgehead atoms. The van der Waals surface area contributed by atoms with Crippen LogP contribution in [0.5, 0.6) is 0 Å². The molecule has 0 saturated carbocycles. The molecular weight excluding hydrogens is 462 g/mol. The Bertz CT molecular complexity index is 1500. The topological polar surface area (TPSA) is 94.3 Å². The second-order valence-electron chi connectivity index (χ2n) is 8.35. The maximum Gasteiger partial charge on any atom is 0.333 e. The maximum absolute atomic E-state index is 13.5. The van der Waals surface area contributed by atoms with Crippen molar-refractivity contribution in [3.05, 3.63) is 99.3 Å². The van der Waals surface area contributed by atoms with Crippen LogP contribution in [0.2, 0.25) is 5.02 Å². The van der Waals surface area contributed by atoms with E-state index in [4.69, 9.17) is 11.6 Å². The highest BCUT2D eigenvalue weighted by Crippen LogP contribution is 2.28. The average molecular weight is 486 g/mol. The third kappa shape index (κ3) is 4.40. The molecule has 0 aliphatic carbocycles. The highest BCUT2D eigenvalue weighted by molar-refractivity contribution is 6.32. The van der Waals surface area contributed by atoms with E-state index in [-0.39, 0.29) is 5.69 Å². The van der Waals surface area contributed by atoms with E-state index in [1.807, 2.05) is 72.3 Å². The molecule has 9 heteroatoms. The summed E-state index contributed by atoms with van der Waals surface area (Å²) >= 11 is 6.47. The largest absolute Gasteiger partial charge is 0.333 e. The number of hydrogen-bond donors (Lipinski definition) is 1. The summed E-state index contributed by atoms with van der Waals surface area (Å²) in [6, 6.07) is 17.5. The number of nitrogens with zero attached hydrogens (tertiary/aromatic N) is 6. The summed E-state index contributed by atoms with van der Waals surface area (Å²) in [6.07, 6.45) is 5.39. The van der Waals surface area contributed by atoms with Crippen molar-refractivity contribution >= 4 is 11.6 Å². The minimum absolute atomic E-state index is 0.0992. The minimum Gasteiger partial charge on any atom is -0.292 e. The lowest BCUT2D eigenvalue weighted by Crippen LogP contribution is -2.25. The third-order valence-corrected chi connectivity index (χ3v) is 6.26. The highest BCUT2D eigenvalue weighted by Gasteiger charge is 2.17. The molecule has 5 rings (SSSR count). The van der Waals surface area contributed by atoms with Gasteiger partial charge < -0.3 is 0 Å². The first-order valence-electron chi connectivity index (χ1n) is 11.4.